The van der Waals surface area contributed by atoms with Gasteiger partial charge in [-0.05, 0) is 28.8 Å². The third-order valence-electron chi connectivity index (χ3n) is 6.06. The fourth-order valence-corrected chi connectivity index (χ4v) is 4.24. The Morgan fingerprint density at radius 1 is 1.16 bits per heavy atom. The van der Waals surface area contributed by atoms with Gasteiger partial charge in [-0.25, -0.2) is 8.78 Å². The van der Waals surface area contributed by atoms with Crippen LogP contribution >= 0.6 is 0 Å². The maximum Gasteiger partial charge on any atom is 0.274 e. The Balaban J connectivity index is 1.37. The molecule has 1 saturated heterocycles. The van der Waals surface area contributed by atoms with Crippen LogP contribution in [0.4, 0.5) is 14.5 Å². The van der Waals surface area contributed by atoms with Crippen molar-refractivity contribution in [2.24, 2.45) is 0 Å². The summed E-state index contributed by atoms with van der Waals surface area (Å²) in [5.41, 5.74) is 0.427. The van der Waals surface area contributed by atoms with Gasteiger partial charge in [-0.15, -0.1) is 0 Å². The molecule has 1 spiro atoms. The van der Waals surface area contributed by atoms with E-state index in [-0.39, 0.29) is 37.5 Å². The van der Waals surface area contributed by atoms with E-state index in [0.29, 0.717) is 23.4 Å². The van der Waals surface area contributed by atoms with Gasteiger partial charge in [0.15, 0.2) is 0 Å². The first kappa shape index (κ1) is 21.9. The lowest BCUT2D eigenvalue weighted by Gasteiger charge is -2.30. The standard InChI is InChI=1S/C23H23F2N3O4/c1-32-20-8-4-16(5-9-20)14-26-21(29)12-18-13-22(18)23(24,25)10-11-27(22)15-17-2-6-19(7-3-17)28(30)31/h2-9,13H,10-12,14-15H2,1H3,(H,26,29). The van der Waals surface area contributed by atoms with Crippen molar-refractivity contribution >= 4 is 11.6 Å². The van der Waals surface area contributed by atoms with Crippen molar-refractivity contribution in [1.82, 2.24) is 10.2 Å². The molecule has 1 atom stereocenters. The Labute approximate surface area is 183 Å². The average molecular weight is 443 g/mol. The van der Waals surface area contributed by atoms with Crippen LogP contribution < -0.4 is 10.1 Å². The number of nitrogens with zero attached hydrogens (tertiary/aromatic N) is 2. The molecule has 4 rings (SSSR count). The van der Waals surface area contributed by atoms with Gasteiger partial charge in [0.1, 0.15) is 11.3 Å². The highest BCUT2D eigenvalue weighted by atomic mass is 19.3. The molecule has 2 aromatic rings. The second-order valence-electron chi connectivity index (χ2n) is 8.04. The molecule has 1 amide bonds. The fourth-order valence-electron chi connectivity index (χ4n) is 4.24. The Kier molecular flexibility index (Phi) is 5.68. The number of nitro benzene ring substituents is 1. The molecule has 0 radical (unpaired) electrons. The first-order valence-corrected chi connectivity index (χ1v) is 10.2. The number of non-ortho nitro benzene ring substituents is 1. The number of amides is 1. The molecule has 1 aliphatic heterocycles. The largest absolute Gasteiger partial charge is 0.497 e. The number of carbonyl (C=O) groups is 1. The summed E-state index contributed by atoms with van der Waals surface area (Å²) in [7, 11) is 1.57. The molecule has 0 saturated carbocycles. The summed E-state index contributed by atoms with van der Waals surface area (Å²) >= 11 is 0. The van der Waals surface area contributed by atoms with E-state index in [0.717, 1.165) is 5.56 Å². The highest BCUT2D eigenvalue weighted by Gasteiger charge is 2.68. The van der Waals surface area contributed by atoms with Crippen molar-refractivity contribution < 1.29 is 23.2 Å². The Morgan fingerprint density at radius 3 is 2.44 bits per heavy atom. The second-order valence-corrected chi connectivity index (χ2v) is 8.04. The van der Waals surface area contributed by atoms with E-state index in [1.807, 2.05) is 12.1 Å². The van der Waals surface area contributed by atoms with Crippen LogP contribution in [0.25, 0.3) is 0 Å². The van der Waals surface area contributed by atoms with E-state index in [2.05, 4.69) is 5.32 Å². The van der Waals surface area contributed by atoms with Gasteiger partial charge in [0.25, 0.3) is 11.6 Å². The molecule has 0 aromatic heterocycles. The molecule has 1 fully saturated rings. The molecule has 2 aromatic carbocycles. The smallest absolute Gasteiger partial charge is 0.274 e. The molecule has 0 bridgehead atoms. The number of hydrogen-bond donors (Lipinski definition) is 1. The van der Waals surface area contributed by atoms with Gasteiger partial charge in [-0.2, -0.15) is 0 Å². The van der Waals surface area contributed by atoms with Crippen molar-refractivity contribution in [3.05, 3.63) is 81.4 Å². The molecule has 32 heavy (non-hydrogen) atoms. The van der Waals surface area contributed by atoms with Crippen molar-refractivity contribution in [1.29, 1.82) is 0 Å². The van der Waals surface area contributed by atoms with Crippen LogP contribution in [0.3, 0.4) is 0 Å². The number of nitrogens with one attached hydrogen (secondary N) is 1. The lowest BCUT2D eigenvalue weighted by molar-refractivity contribution is -0.384. The zero-order chi connectivity index (χ0) is 22.9. The van der Waals surface area contributed by atoms with E-state index < -0.39 is 16.4 Å². The summed E-state index contributed by atoms with van der Waals surface area (Å²) in [6.45, 7) is 0.699. The van der Waals surface area contributed by atoms with E-state index in [1.165, 1.54) is 18.2 Å². The number of alkyl halides is 2. The predicted molar refractivity (Wildman–Crippen MR) is 113 cm³/mol. The van der Waals surface area contributed by atoms with Gasteiger partial charge in [0, 0.05) is 44.6 Å². The number of ether oxygens (including phenoxy) is 1. The average Bonchev–Trinajstić information content (AvgIpc) is 3.45. The summed E-state index contributed by atoms with van der Waals surface area (Å²) in [5.74, 6) is -2.57. The molecule has 2 aliphatic rings. The summed E-state index contributed by atoms with van der Waals surface area (Å²) in [6.07, 6.45) is 1.09. The van der Waals surface area contributed by atoms with Gasteiger partial charge < -0.3 is 10.1 Å². The Hall–Kier alpha value is -3.33. The molecule has 168 valence electrons. The number of likely N-dealkylation sites (tertiary alicyclic amines) is 1. The molecule has 7 nitrogen and oxygen atoms in total. The number of methoxy groups -OCH3 is 1. The molecule has 9 heteroatoms. The third-order valence-corrected chi connectivity index (χ3v) is 6.06. The second kappa shape index (κ2) is 8.31. The number of nitro groups is 1. The molecule has 1 N–H and O–H groups in total. The number of carbonyl (C=O) groups excluding carboxylic acids is 1. The van der Waals surface area contributed by atoms with Crippen LogP contribution in [0, 0.1) is 10.1 Å². The summed E-state index contributed by atoms with van der Waals surface area (Å²) in [4.78, 5) is 24.4. The number of rotatable bonds is 8. The van der Waals surface area contributed by atoms with Gasteiger partial charge in [-0.3, -0.25) is 19.8 Å². The maximum atomic E-state index is 14.8. The lowest BCUT2D eigenvalue weighted by atomic mass is 10.0. The van der Waals surface area contributed by atoms with Crippen molar-refractivity contribution in [3.8, 4) is 5.75 Å². The lowest BCUT2D eigenvalue weighted by Crippen LogP contribution is -2.45. The van der Waals surface area contributed by atoms with E-state index in [1.54, 1.807) is 36.3 Å². The maximum absolute atomic E-state index is 14.8. The fraction of sp³-hybridized carbons (Fsp3) is 0.348. The summed E-state index contributed by atoms with van der Waals surface area (Å²) in [5, 5.41) is 13.6. The van der Waals surface area contributed by atoms with E-state index in [4.69, 9.17) is 4.74 Å². The first-order chi connectivity index (χ1) is 15.2. The first-order valence-electron chi connectivity index (χ1n) is 10.2. The third kappa shape index (κ3) is 4.08. The van der Waals surface area contributed by atoms with E-state index in [9.17, 15) is 23.7 Å². The normalized spacial score (nSPS) is 21.3. The van der Waals surface area contributed by atoms with Gasteiger partial charge >= 0.3 is 0 Å². The zero-order valence-corrected chi connectivity index (χ0v) is 17.5. The SMILES string of the molecule is COc1ccc(CNC(=O)CC2=CC23N(Cc2ccc([N+](=O)[O-])cc2)CCC3(F)F)cc1. The molecular formula is C23H23F2N3O4. The van der Waals surface area contributed by atoms with Crippen LogP contribution in [0.5, 0.6) is 5.75 Å². The van der Waals surface area contributed by atoms with Crippen molar-refractivity contribution in [3.63, 3.8) is 0 Å². The summed E-state index contributed by atoms with van der Waals surface area (Å²) in [6, 6.07) is 13.1. The molecule has 1 heterocycles. The monoisotopic (exact) mass is 443 g/mol. The van der Waals surface area contributed by atoms with Crippen LogP contribution in [0.2, 0.25) is 0 Å². The highest BCUT2D eigenvalue weighted by Crippen LogP contribution is 2.58. The summed E-state index contributed by atoms with van der Waals surface area (Å²) < 4.78 is 34.7. The molecular weight excluding hydrogens is 420 g/mol. The number of halogens is 2. The van der Waals surface area contributed by atoms with Crippen molar-refractivity contribution in [2.75, 3.05) is 13.7 Å². The number of benzene rings is 2. The quantitative estimate of drug-likeness (QED) is 0.381. The molecule has 1 unspecified atom stereocenters. The predicted octanol–water partition coefficient (Wildman–Crippen LogP) is 3.83. The van der Waals surface area contributed by atoms with Crippen LogP contribution in [0.15, 0.2) is 60.2 Å². The van der Waals surface area contributed by atoms with Gasteiger partial charge in [0.05, 0.1) is 12.0 Å². The minimum Gasteiger partial charge on any atom is -0.497 e. The minimum absolute atomic E-state index is 0.0472. The highest BCUT2D eigenvalue weighted by molar-refractivity contribution is 5.81. The van der Waals surface area contributed by atoms with Gasteiger partial charge in [-0.1, -0.05) is 30.3 Å². The van der Waals surface area contributed by atoms with Gasteiger partial charge in [0.2, 0.25) is 5.91 Å². The minimum atomic E-state index is -2.96. The Bertz CT molecular complexity index is 1050. The van der Waals surface area contributed by atoms with Crippen LogP contribution in [-0.4, -0.2) is 40.8 Å². The van der Waals surface area contributed by atoms with Crippen LogP contribution in [0.1, 0.15) is 24.0 Å². The zero-order valence-electron chi connectivity index (χ0n) is 17.5. The molecule has 1 aliphatic carbocycles. The number of hydrogen-bond acceptors (Lipinski definition) is 5. The van der Waals surface area contributed by atoms with E-state index >= 15 is 0 Å². The van der Waals surface area contributed by atoms with Crippen molar-refractivity contribution in [2.45, 2.75) is 37.4 Å². The Morgan fingerprint density at radius 2 is 1.81 bits per heavy atom. The van der Waals surface area contributed by atoms with Crippen LogP contribution in [-0.2, 0) is 17.9 Å². The topological polar surface area (TPSA) is 84.7 Å².